The third-order valence-electron chi connectivity index (χ3n) is 8.52. The minimum absolute atomic E-state index is 0.859. The first kappa shape index (κ1) is 22.4. The number of aromatic nitrogens is 2. The van der Waals surface area contributed by atoms with Gasteiger partial charge in [0.1, 0.15) is 17.0 Å². The molecule has 0 fully saturated rings. The number of nitrogens with zero attached hydrogens (tertiary/aromatic N) is 2. The highest BCUT2D eigenvalue weighted by Gasteiger charge is 2.21. The molecule has 0 radical (unpaired) electrons. The summed E-state index contributed by atoms with van der Waals surface area (Å²) in [5.41, 5.74) is 7.09. The lowest BCUT2D eigenvalue weighted by atomic mass is 10.0. The van der Waals surface area contributed by atoms with Crippen LogP contribution in [0.5, 0.6) is 0 Å². The molecule has 9 aromatic rings. The van der Waals surface area contributed by atoms with E-state index in [0.29, 0.717) is 0 Å². The molecule has 6 aromatic carbocycles. The van der Waals surface area contributed by atoms with Crippen LogP contribution < -0.4 is 0 Å². The van der Waals surface area contributed by atoms with E-state index in [-0.39, 0.29) is 0 Å². The van der Waals surface area contributed by atoms with Gasteiger partial charge in [0.05, 0.1) is 22.1 Å². The highest BCUT2D eigenvalue weighted by molar-refractivity contribution is 6.21. The van der Waals surface area contributed by atoms with Crippen molar-refractivity contribution in [2.75, 3.05) is 0 Å². The highest BCUT2D eigenvalue weighted by Crippen LogP contribution is 2.40. The number of rotatable bonds is 1. The number of fused-ring (bicyclic) bond motifs is 10. The Morgan fingerprint density at radius 2 is 1.10 bits per heavy atom. The van der Waals surface area contributed by atoms with E-state index in [4.69, 9.17) is 9.40 Å². The molecular weight excluding hydrogens is 500 g/mol. The molecule has 0 aliphatic rings. The van der Waals surface area contributed by atoms with Crippen molar-refractivity contribution in [3.8, 4) is 11.4 Å². The van der Waals surface area contributed by atoms with E-state index < -0.39 is 0 Å². The predicted octanol–water partition coefficient (Wildman–Crippen LogP) is 10.4. The Labute approximate surface area is 235 Å². The summed E-state index contributed by atoms with van der Waals surface area (Å²) in [6.07, 6.45) is 0. The van der Waals surface area contributed by atoms with Crippen LogP contribution in [0.15, 0.2) is 132 Å². The van der Waals surface area contributed by atoms with Gasteiger partial charge < -0.3 is 4.42 Å². The molecule has 3 heteroatoms. The second-order valence-corrected chi connectivity index (χ2v) is 10.8. The fourth-order valence-electron chi connectivity index (χ4n) is 6.67. The number of hydrogen-bond donors (Lipinski definition) is 0. The molecule has 3 aromatic heterocycles. The summed E-state index contributed by atoms with van der Waals surface area (Å²) in [6.45, 7) is 2.15. The fourth-order valence-corrected chi connectivity index (χ4v) is 6.67. The Balaban J connectivity index is 1.63. The predicted molar refractivity (Wildman–Crippen MR) is 171 cm³/mol. The Bertz CT molecular complexity index is 2550. The van der Waals surface area contributed by atoms with Gasteiger partial charge in [-0.2, -0.15) is 0 Å². The molecule has 0 unspecified atom stereocenters. The zero-order valence-electron chi connectivity index (χ0n) is 22.4. The van der Waals surface area contributed by atoms with Gasteiger partial charge in [0.2, 0.25) is 0 Å². The summed E-state index contributed by atoms with van der Waals surface area (Å²) in [6, 6.07) is 45.3. The average Bonchev–Trinajstić information content (AvgIpc) is 3.62. The third kappa shape index (κ3) is 3.06. The SMILES string of the molecule is Cc1ccc2c3ccccc3c3ccccc3c3ccccc3n3c(-c4cccc5c4oc4ccccc45)nc1c23. The van der Waals surface area contributed by atoms with E-state index in [0.717, 1.165) is 55.4 Å². The third-order valence-corrected chi connectivity index (χ3v) is 8.52. The van der Waals surface area contributed by atoms with Crippen LogP contribution in [0, 0.1) is 6.92 Å². The van der Waals surface area contributed by atoms with Crippen LogP contribution in [-0.4, -0.2) is 9.38 Å². The molecule has 3 nitrogen and oxygen atoms in total. The maximum absolute atomic E-state index is 6.54. The Morgan fingerprint density at radius 1 is 0.512 bits per heavy atom. The second-order valence-electron chi connectivity index (χ2n) is 10.8. The van der Waals surface area contributed by atoms with Gasteiger partial charge in [-0.1, -0.05) is 109 Å². The maximum Gasteiger partial charge on any atom is 0.149 e. The molecule has 0 N–H and O–H groups in total. The number of hydrogen-bond acceptors (Lipinski definition) is 2. The van der Waals surface area contributed by atoms with Crippen molar-refractivity contribution in [1.29, 1.82) is 0 Å². The zero-order valence-corrected chi connectivity index (χ0v) is 22.4. The summed E-state index contributed by atoms with van der Waals surface area (Å²) >= 11 is 0. The number of furan rings is 1. The highest BCUT2D eigenvalue weighted by atomic mass is 16.3. The summed E-state index contributed by atoms with van der Waals surface area (Å²) < 4.78 is 8.91. The van der Waals surface area contributed by atoms with Crippen molar-refractivity contribution in [3.63, 3.8) is 0 Å². The van der Waals surface area contributed by atoms with Gasteiger partial charge in [-0.05, 0) is 52.2 Å². The lowest BCUT2D eigenvalue weighted by Crippen LogP contribution is -1.91. The first-order chi connectivity index (χ1) is 20.3. The number of aryl methyl sites for hydroxylation is 1. The van der Waals surface area contributed by atoms with Gasteiger partial charge in [0.25, 0.3) is 0 Å². The molecule has 0 saturated carbocycles. The second kappa shape index (κ2) is 8.30. The number of para-hydroxylation sites is 3. The molecule has 0 aliphatic heterocycles. The molecule has 0 atom stereocenters. The monoisotopic (exact) mass is 524 g/mol. The van der Waals surface area contributed by atoms with Gasteiger partial charge in [-0.3, -0.25) is 4.40 Å². The summed E-state index contributed by atoms with van der Waals surface area (Å²) in [7, 11) is 0. The standard InChI is InChI=1S/C38H24N2O/c1-23-21-22-30-27-14-5-3-12-25(27)24-11-2-4-13-26(24)28-15-6-8-19-33(28)40-36(30)35(23)39-38(40)32-18-10-17-31-29-16-7-9-20-34(29)41-37(31)32/h2-22H,1H3. The van der Waals surface area contributed by atoms with Crippen LogP contribution >= 0.6 is 0 Å². The molecule has 9 rings (SSSR count). The van der Waals surface area contributed by atoms with Gasteiger partial charge in [0, 0.05) is 21.5 Å². The van der Waals surface area contributed by atoms with Gasteiger partial charge >= 0.3 is 0 Å². The van der Waals surface area contributed by atoms with E-state index in [9.17, 15) is 0 Å². The van der Waals surface area contributed by atoms with Gasteiger partial charge in [-0.25, -0.2) is 4.98 Å². The van der Waals surface area contributed by atoms with Gasteiger partial charge in [-0.15, -0.1) is 0 Å². The van der Waals surface area contributed by atoms with Crippen LogP contribution in [-0.2, 0) is 0 Å². The lowest BCUT2D eigenvalue weighted by Gasteiger charge is -2.07. The number of imidazole rings is 1. The van der Waals surface area contributed by atoms with Gasteiger partial charge in [0.15, 0.2) is 0 Å². The van der Waals surface area contributed by atoms with E-state index >= 15 is 0 Å². The normalized spacial score (nSPS) is 12.0. The van der Waals surface area contributed by atoms with E-state index in [1.54, 1.807) is 0 Å². The van der Waals surface area contributed by atoms with Crippen molar-refractivity contribution in [2.45, 2.75) is 6.92 Å². The Morgan fingerprint density at radius 3 is 1.85 bits per heavy atom. The quantitative estimate of drug-likeness (QED) is 0.214. The van der Waals surface area contributed by atoms with Crippen LogP contribution in [0.2, 0.25) is 0 Å². The first-order valence-electron chi connectivity index (χ1n) is 14.0. The topological polar surface area (TPSA) is 30.4 Å². The van der Waals surface area contributed by atoms with Crippen LogP contribution in [0.3, 0.4) is 0 Å². The van der Waals surface area contributed by atoms with E-state index in [1.807, 2.05) is 12.1 Å². The summed E-state index contributed by atoms with van der Waals surface area (Å²) in [5, 5.41) is 9.41. The fraction of sp³-hybridized carbons (Fsp3) is 0.0263. The molecular formula is C38H24N2O. The smallest absolute Gasteiger partial charge is 0.149 e. The van der Waals surface area contributed by atoms with Crippen molar-refractivity contribution in [1.82, 2.24) is 9.38 Å². The molecule has 41 heavy (non-hydrogen) atoms. The van der Waals surface area contributed by atoms with Crippen LogP contribution in [0.25, 0.3) is 82.2 Å². The molecule has 0 spiro atoms. The van der Waals surface area contributed by atoms with E-state index in [1.165, 1.54) is 32.3 Å². The minimum Gasteiger partial charge on any atom is -0.455 e. The zero-order chi connectivity index (χ0) is 27.1. The largest absolute Gasteiger partial charge is 0.455 e. The molecule has 0 aliphatic carbocycles. The molecule has 0 amide bonds. The van der Waals surface area contributed by atoms with Crippen LogP contribution in [0.1, 0.15) is 5.56 Å². The average molecular weight is 525 g/mol. The molecule has 0 bridgehead atoms. The first-order valence-corrected chi connectivity index (χ1v) is 14.0. The van der Waals surface area contributed by atoms with Crippen molar-refractivity contribution < 1.29 is 4.42 Å². The minimum atomic E-state index is 0.859. The van der Waals surface area contributed by atoms with Crippen LogP contribution in [0.4, 0.5) is 0 Å². The Hall–Kier alpha value is -5.41. The number of benzene rings is 6. The summed E-state index contributed by atoms with van der Waals surface area (Å²) in [5.74, 6) is 0.879. The van der Waals surface area contributed by atoms with Crippen molar-refractivity contribution in [3.05, 3.63) is 133 Å². The molecule has 3 heterocycles. The summed E-state index contributed by atoms with van der Waals surface area (Å²) in [4.78, 5) is 5.42. The van der Waals surface area contributed by atoms with Crippen molar-refractivity contribution >= 4 is 70.8 Å². The van der Waals surface area contributed by atoms with E-state index in [2.05, 4.69) is 127 Å². The molecule has 192 valence electrons. The van der Waals surface area contributed by atoms with Crippen molar-refractivity contribution in [2.24, 2.45) is 0 Å². The lowest BCUT2D eigenvalue weighted by molar-refractivity contribution is 0.669. The molecule has 0 saturated heterocycles. The Kier molecular flexibility index (Phi) is 4.53. The maximum atomic E-state index is 6.54.